The summed E-state index contributed by atoms with van der Waals surface area (Å²) >= 11 is 11.9. The van der Waals surface area contributed by atoms with Crippen LogP contribution in [0.4, 0.5) is 0 Å². The van der Waals surface area contributed by atoms with E-state index in [1.165, 1.54) is 5.56 Å². The van der Waals surface area contributed by atoms with E-state index in [4.69, 9.17) is 23.2 Å². The van der Waals surface area contributed by atoms with Crippen LogP contribution in [0.2, 0.25) is 0 Å². The largest absolute Gasteiger partial charge is 0.272 e. The average Bonchev–Trinajstić information content (AvgIpc) is 2.91. The summed E-state index contributed by atoms with van der Waals surface area (Å²) in [6, 6.07) is 7.99. The fourth-order valence-corrected chi connectivity index (χ4v) is 2.48. The lowest BCUT2D eigenvalue weighted by Crippen LogP contribution is -2.29. The Bertz CT molecular complexity index is 511. The molecule has 0 saturated heterocycles. The van der Waals surface area contributed by atoms with Crippen molar-refractivity contribution in [3.05, 3.63) is 35.4 Å². The van der Waals surface area contributed by atoms with Crippen LogP contribution in [0, 0.1) is 5.41 Å². The molecule has 1 N–H and O–H groups in total. The second kappa shape index (κ2) is 5.14. The highest BCUT2D eigenvalue weighted by Gasteiger charge is 2.68. The van der Waals surface area contributed by atoms with Crippen LogP contribution in [-0.2, 0) is 11.2 Å². The molecule has 0 aromatic heterocycles. The number of halogens is 2. The monoisotopic (exact) mass is 298 g/mol. The molecule has 0 bridgehead atoms. The van der Waals surface area contributed by atoms with E-state index in [1.807, 2.05) is 24.3 Å². The predicted molar refractivity (Wildman–Crippen MR) is 78.7 cm³/mol. The minimum absolute atomic E-state index is 0.251. The molecule has 1 aromatic rings. The molecule has 2 rings (SSSR count). The molecule has 1 amide bonds. The Kier molecular flexibility index (Phi) is 3.88. The van der Waals surface area contributed by atoms with Crippen molar-refractivity contribution in [3.8, 4) is 0 Å². The number of hydrogen-bond acceptors (Lipinski definition) is 2. The number of carbonyl (C=O) groups is 1. The van der Waals surface area contributed by atoms with Crippen LogP contribution in [0.3, 0.4) is 0 Å². The van der Waals surface area contributed by atoms with E-state index in [-0.39, 0.29) is 5.91 Å². The molecular formula is C14H16Cl2N2O. The summed E-state index contributed by atoms with van der Waals surface area (Å²) in [5, 5.41) is 3.93. The van der Waals surface area contributed by atoms with Crippen molar-refractivity contribution in [2.75, 3.05) is 0 Å². The van der Waals surface area contributed by atoms with Crippen LogP contribution < -0.4 is 5.43 Å². The van der Waals surface area contributed by atoms with Gasteiger partial charge in [-0.1, -0.05) is 31.2 Å². The van der Waals surface area contributed by atoms with Gasteiger partial charge in [0.15, 0.2) is 0 Å². The maximum Gasteiger partial charge on any atom is 0.249 e. The number of amides is 1. The van der Waals surface area contributed by atoms with Crippen molar-refractivity contribution in [1.29, 1.82) is 0 Å². The third-order valence-corrected chi connectivity index (χ3v) is 4.63. The molecule has 0 spiro atoms. The molecule has 0 aliphatic heterocycles. The van der Waals surface area contributed by atoms with Gasteiger partial charge in [-0.15, -0.1) is 23.2 Å². The molecule has 102 valence electrons. The highest BCUT2D eigenvalue weighted by molar-refractivity contribution is 6.53. The van der Waals surface area contributed by atoms with Crippen LogP contribution >= 0.6 is 23.2 Å². The highest BCUT2D eigenvalue weighted by atomic mass is 35.5. The number of nitrogens with zero attached hydrogens (tertiary/aromatic N) is 1. The van der Waals surface area contributed by atoms with Crippen molar-refractivity contribution in [1.82, 2.24) is 5.43 Å². The number of alkyl halides is 2. The summed E-state index contributed by atoms with van der Waals surface area (Å²) in [5.41, 5.74) is 3.94. The second-order valence-corrected chi connectivity index (χ2v) is 6.49. The van der Waals surface area contributed by atoms with E-state index in [0.717, 1.165) is 12.0 Å². The summed E-state index contributed by atoms with van der Waals surface area (Å²) in [5.74, 6) is -0.251. The SMILES string of the molecule is CCc1ccc(C=NNC(=O)C2(C)CC2(Cl)Cl)cc1. The Morgan fingerprint density at radius 2 is 2.00 bits per heavy atom. The molecule has 1 atom stereocenters. The van der Waals surface area contributed by atoms with Gasteiger partial charge in [0.1, 0.15) is 4.33 Å². The normalized spacial score (nSPS) is 24.4. The maximum atomic E-state index is 11.8. The smallest absolute Gasteiger partial charge is 0.249 e. The van der Waals surface area contributed by atoms with Crippen LogP contribution in [0.5, 0.6) is 0 Å². The van der Waals surface area contributed by atoms with E-state index in [1.54, 1.807) is 13.1 Å². The molecule has 19 heavy (non-hydrogen) atoms. The van der Waals surface area contributed by atoms with E-state index >= 15 is 0 Å². The first-order valence-electron chi connectivity index (χ1n) is 6.19. The molecule has 1 saturated carbocycles. The van der Waals surface area contributed by atoms with Crippen LogP contribution in [0.15, 0.2) is 29.4 Å². The minimum Gasteiger partial charge on any atom is -0.272 e. The number of aryl methyl sites for hydroxylation is 1. The maximum absolute atomic E-state index is 11.8. The van der Waals surface area contributed by atoms with Crippen molar-refractivity contribution in [2.45, 2.75) is 31.0 Å². The van der Waals surface area contributed by atoms with Crippen molar-refractivity contribution in [2.24, 2.45) is 10.5 Å². The number of hydrazone groups is 1. The zero-order chi connectivity index (χ0) is 14.1. The van der Waals surface area contributed by atoms with Crippen molar-refractivity contribution in [3.63, 3.8) is 0 Å². The molecule has 1 aromatic carbocycles. The molecule has 0 heterocycles. The van der Waals surface area contributed by atoms with E-state index in [2.05, 4.69) is 17.5 Å². The topological polar surface area (TPSA) is 41.5 Å². The third-order valence-electron chi connectivity index (χ3n) is 3.53. The predicted octanol–water partition coefficient (Wildman–Crippen LogP) is 3.28. The fraction of sp³-hybridized carbons (Fsp3) is 0.429. The number of benzene rings is 1. The minimum atomic E-state index is -0.963. The van der Waals surface area contributed by atoms with Gasteiger partial charge in [-0.05, 0) is 30.9 Å². The molecule has 1 aliphatic carbocycles. The molecule has 1 fully saturated rings. The lowest BCUT2D eigenvalue weighted by atomic mass is 10.1. The number of carbonyl (C=O) groups excluding carboxylic acids is 1. The standard InChI is InChI=1S/C14H16Cl2N2O/c1-3-10-4-6-11(7-5-10)8-17-18-12(19)13(2)9-14(13,15)16/h4-8H,3,9H2,1-2H3,(H,18,19). The van der Waals surface area contributed by atoms with E-state index in [0.29, 0.717) is 6.42 Å². The summed E-state index contributed by atoms with van der Waals surface area (Å²) in [7, 11) is 0. The molecule has 1 unspecified atom stereocenters. The van der Waals surface area contributed by atoms with Crippen LogP contribution in [0.1, 0.15) is 31.4 Å². The first kappa shape index (κ1) is 14.4. The Hall–Kier alpha value is -1.06. The molecule has 3 nitrogen and oxygen atoms in total. The molecule has 1 aliphatic rings. The summed E-state index contributed by atoms with van der Waals surface area (Å²) in [6.07, 6.45) is 3.06. The van der Waals surface area contributed by atoms with Gasteiger partial charge in [-0.2, -0.15) is 5.10 Å². The van der Waals surface area contributed by atoms with Crippen LogP contribution in [0.25, 0.3) is 0 Å². The van der Waals surface area contributed by atoms with Crippen molar-refractivity contribution >= 4 is 35.3 Å². The van der Waals surface area contributed by atoms with Gasteiger partial charge in [0.25, 0.3) is 0 Å². The zero-order valence-electron chi connectivity index (χ0n) is 10.9. The molecule has 5 heteroatoms. The Balaban J connectivity index is 1.91. The van der Waals surface area contributed by atoms with E-state index in [9.17, 15) is 4.79 Å². The number of nitrogens with one attached hydrogen (secondary N) is 1. The first-order chi connectivity index (χ1) is 8.89. The Labute approximate surface area is 123 Å². The quantitative estimate of drug-likeness (QED) is 0.517. The van der Waals surface area contributed by atoms with Gasteiger partial charge in [0.05, 0.1) is 11.6 Å². The van der Waals surface area contributed by atoms with Gasteiger partial charge in [-0.3, -0.25) is 4.79 Å². The van der Waals surface area contributed by atoms with Gasteiger partial charge in [0.2, 0.25) is 5.91 Å². The van der Waals surface area contributed by atoms with Gasteiger partial charge < -0.3 is 0 Å². The van der Waals surface area contributed by atoms with Gasteiger partial charge in [0, 0.05) is 0 Å². The lowest BCUT2D eigenvalue weighted by molar-refractivity contribution is -0.125. The van der Waals surface area contributed by atoms with Crippen LogP contribution in [-0.4, -0.2) is 16.5 Å². The Morgan fingerprint density at radius 3 is 2.47 bits per heavy atom. The third kappa shape index (κ3) is 2.93. The summed E-state index contributed by atoms with van der Waals surface area (Å²) in [6.45, 7) is 3.83. The number of hydrogen-bond donors (Lipinski definition) is 1. The van der Waals surface area contributed by atoms with Gasteiger partial charge >= 0.3 is 0 Å². The van der Waals surface area contributed by atoms with Crippen molar-refractivity contribution < 1.29 is 4.79 Å². The Morgan fingerprint density at radius 1 is 1.42 bits per heavy atom. The average molecular weight is 299 g/mol. The zero-order valence-corrected chi connectivity index (χ0v) is 12.4. The summed E-state index contributed by atoms with van der Waals surface area (Å²) < 4.78 is -0.963. The second-order valence-electron chi connectivity index (χ2n) is 5.01. The van der Waals surface area contributed by atoms with E-state index < -0.39 is 9.75 Å². The lowest BCUT2D eigenvalue weighted by Gasteiger charge is -2.08. The first-order valence-corrected chi connectivity index (χ1v) is 6.95. The van der Waals surface area contributed by atoms with Gasteiger partial charge in [-0.25, -0.2) is 5.43 Å². The molecular weight excluding hydrogens is 283 g/mol. The molecule has 0 radical (unpaired) electrons. The fourth-order valence-electron chi connectivity index (χ4n) is 1.77. The number of rotatable bonds is 4. The highest BCUT2D eigenvalue weighted by Crippen LogP contribution is 2.63. The summed E-state index contributed by atoms with van der Waals surface area (Å²) in [4.78, 5) is 11.8.